The molecule has 0 bridgehead atoms. The summed E-state index contributed by atoms with van der Waals surface area (Å²) in [6.45, 7) is 3.45. The summed E-state index contributed by atoms with van der Waals surface area (Å²) in [6.07, 6.45) is 4.35. The van der Waals surface area contributed by atoms with E-state index in [-0.39, 0.29) is 0 Å². The van der Waals surface area contributed by atoms with Crippen LogP contribution in [0.5, 0.6) is 0 Å². The van der Waals surface area contributed by atoms with Gasteiger partial charge in [0.05, 0.1) is 11.6 Å². The Hall–Kier alpha value is -1.89. The first kappa shape index (κ1) is 13.5. The number of aryl methyl sites for hydroxylation is 1. The zero-order valence-electron chi connectivity index (χ0n) is 11.0. The van der Waals surface area contributed by atoms with Crippen molar-refractivity contribution in [2.45, 2.75) is 19.9 Å². The molecule has 0 unspecified atom stereocenters. The van der Waals surface area contributed by atoms with Crippen LogP contribution in [0.3, 0.4) is 0 Å². The Morgan fingerprint density at radius 2 is 2.37 bits per heavy atom. The fraction of sp³-hybridized carbons (Fsp3) is 0.417. The van der Waals surface area contributed by atoms with E-state index >= 15 is 0 Å². The van der Waals surface area contributed by atoms with Crippen molar-refractivity contribution in [1.82, 2.24) is 20.8 Å². The van der Waals surface area contributed by atoms with Gasteiger partial charge in [0.2, 0.25) is 0 Å². The third-order valence-electron chi connectivity index (χ3n) is 2.45. The van der Waals surface area contributed by atoms with E-state index in [0.717, 1.165) is 29.6 Å². The normalized spacial score (nSPS) is 11.6. The maximum Gasteiger partial charge on any atom is 0.191 e. The number of thiazole rings is 1. The second-order valence-corrected chi connectivity index (χ2v) is 5.28. The van der Waals surface area contributed by atoms with Gasteiger partial charge in [0, 0.05) is 37.2 Å². The zero-order chi connectivity index (χ0) is 13.5. The second-order valence-electron chi connectivity index (χ2n) is 3.96. The number of rotatable bonds is 5. The summed E-state index contributed by atoms with van der Waals surface area (Å²) in [5, 5.41) is 11.4. The molecule has 0 radical (unpaired) electrons. The molecule has 2 aromatic rings. The lowest BCUT2D eigenvalue weighted by Crippen LogP contribution is -2.37. The second kappa shape index (κ2) is 6.89. The first-order valence-corrected chi connectivity index (χ1v) is 6.84. The number of aromatic nitrogens is 2. The first-order chi connectivity index (χ1) is 9.28. The molecule has 7 heteroatoms. The Morgan fingerprint density at radius 1 is 1.47 bits per heavy atom. The van der Waals surface area contributed by atoms with Crippen molar-refractivity contribution >= 4 is 17.3 Å². The summed E-state index contributed by atoms with van der Waals surface area (Å²) in [6, 6.07) is 1.82. The highest BCUT2D eigenvalue weighted by atomic mass is 32.1. The van der Waals surface area contributed by atoms with Crippen molar-refractivity contribution < 1.29 is 4.52 Å². The van der Waals surface area contributed by atoms with Crippen molar-refractivity contribution in [3.63, 3.8) is 0 Å². The highest BCUT2D eigenvalue weighted by Crippen LogP contribution is 2.10. The molecule has 0 atom stereocenters. The van der Waals surface area contributed by atoms with Gasteiger partial charge >= 0.3 is 0 Å². The van der Waals surface area contributed by atoms with Gasteiger partial charge in [-0.25, -0.2) is 4.98 Å². The van der Waals surface area contributed by atoms with Crippen molar-refractivity contribution in [3.05, 3.63) is 34.1 Å². The van der Waals surface area contributed by atoms with E-state index in [9.17, 15) is 0 Å². The molecule has 0 aromatic carbocycles. The summed E-state index contributed by atoms with van der Waals surface area (Å²) in [5.74, 6) is 0.747. The van der Waals surface area contributed by atoms with Gasteiger partial charge in [-0.1, -0.05) is 5.16 Å². The van der Waals surface area contributed by atoms with Crippen LogP contribution < -0.4 is 10.6 Å². The molecule has 102 valence electrons. The number of hydrogen-bond acceptors (Lipinski definition) is 5. The van der Waals surface area contributed by atoms with Crippen molar-refractivity contribution in [2.24, 2.45) is 4.99 Å². The number of aliphatic imine (C=N–C) groups is 1. The van der Waals surface area contributed by atoms with Crippen LogP contribution in [0.15, 0.2) is 28.0 Å². The molecule has 2 rings (SSSR count). The van der Waals surface area contributed by atoms with Gasteiger partial charge in [-0.2, -0.15) is 0 Å². The zero-order valence-corrected chi connectivity index (χ0v) is 11.8. The molecule has 6 nitrogen and oxygen atoms in total. The third-order valence-corrected chi connectivity index (χ3v) is 3.42. The van der Waals surface area contributed by atoms with Crippen LogP contribution in [-0.4, -0.2) is 29.7 Å². The van der Waals surface area contributed by atoms with E-state index in [0.29, 0.717) is 6.54 Å². The van der Waals surface area contributed by atoms with Gasteiger partial charge in [0.25, 0.3) is 0 Å². The average molecular weight is 279 g/mol. The fourth-order valence-electron chi connectivity index (χ4n) is 1.53. The molecular formula is C12H17N5OS. The van der Waals surface area contributed by atoms with Crippen molar-refractivity contribution in [1.29, 1.82) is 0 Å². The van der Waals surface area contributed by atoms with Gasteiger partial charge in [-0.05, 0) is 6.92 Å². The van der Waals surface area contributed by atoms with Gasteiger partial charge in [0.15, 0.2) is 5.96 Å². The van der Waals surface area contributed by atoms with Crippen LogP contribution in [0.2, 0.25) is 0 Å². The molecule has 2 N–H and O–H groups in total. The van der Waals surface area contributed by atoms with Gasteiger partial charge in [-0.3, -0.25) is 4.99 Å². The van der Waals surface area contributed by atoms with E-state index in [1.807, 2.05) is 12.3 Å². The lowest BCUT2D eigenvalue weighted by molar-refractivity contribution is 0.410. The number of guanidine groups is 1. The maximum atomic E-state index is 4.76. The van der Waals surface area contributed by atoms with Crippen LogP contribution in [0.4, 0.5) is 0 Å². The topological polar surface area (TPSA) is 75.3 Å². The van der Waals surface area contributed by atoms with E-state index in [1.165, 1.54) is 4.88 Å². The summed E-state index contributed by atoms with van der Waals surface area (Å²) < 4.78 is 4.76. The smallest absolute Gasteiger partial charge is 0.191 e. The predicted octanol–water partition coefficient (Wildman–Crippen LogP) is 1.35. The molecule has 0 saturated heterocycles. The van der Waals surface area contributed by atoms with E-state index in [1.54, 1.807) is 24.6 Å². The summed E-state index contributed by atoms with van der Waals surface area (Å²) in [7, 11) is 1.74. The Labute approximate surface area is 115 Å². The van der Waals surface area contributed by atoms with Crippen molar-refractivity contribution in [2.75, 3.05) is 13.6 Å². The number of nitrogens with zero attached hydrogens (tertiary/aromatic N) is 3. The highest BCUT2D eigenvalue weighted by molar-refractivity contribution is 7.11. The SMILES string of the molecule is CN=C(NCCc1ncc(C)s1)NCc1ccon1. The molecule has 0 saturated carbocycles. The molecule has 2 heterocycles. The Morgan fingerprint density at radius 3 is 3.00 bits per heavy atom. The largest absolute Gasteiger partial charge is 0.364 e. The van der Waals surface area contributed by atoms with Crippen LogP contribution in [-0.2, 0) is 13.0 Å². The molecule has 0 aliphatic heterocycles. The summed E-state index contributed by atoms with van der Waals surface area (Å²) in [4.78, 5) is 9.70. The summed E-state index contributed by atoms with van der Waals surface area (Å²) >= 11 is 1.72. The van der Waals surface area contributed by atoms with Crippen LogP contribution in [0, 0.1) is 6.92 Å². The van der Waals surface area contributed by atoms with Crippen molar-refractivity contribution in [3.8, 4) is 0 Å². The molecule has 0 amide bonds. The lowest BCUT2D eigenvalue weighted by atomic mass is 10.4. The Balaban J connectivity index is 1.71. The maximum absolute atomic E-state index is 4.76. The quantitative estimate of drug-likeness (QED) is 0.638. The van der Waals surface area contributed by atoms with E-state index in [2.05, 4.69) is 32.7 Å². The van der Waals surface area contributed by atoms with Crippen LogP contribution >= 0.6 is 11.3 Å². The Bertz CT molecular complexity index is 520. The van der Waals surface area contributed by atoms with Gasteiger partial charge in [0.1, 0.15) is 12.0 Å². The standard InChI is InChI=1S/C12H17N5OS/c1-9-7-15-11(19-9)3-5-14-12(13-2)16-8-10-4-6-18-17-10/h4,6-7H,3,5,8H2,1-2H3,(H2,13,14,16). The minimum absolute atomic E-state index is 0.590. The lowest BCUT2D eigenvalue weighted by Gasteiger charge is -2.09. The Kier molecular flexibility index (Phi) is 4.91. The minimum atomic E-state index is 0.590. The molecule has 0 fully saturated rings. The molecule has 0 aliphatic carbocycles. The van der Waals surface area contributed by atoms with Crippen LogP contribution in [0.1, 0.15) is 15.6 Å². The minimum Gasteiger partial charge on any atom is -0.364 e. The first-order valence-electron chi connectivity index (χ1n) is 6.03. The van der Waals surface area contributed by atoms with Gasteiger partial charge < -0.3 is 15.2 Å². The molecule has 0 aliphatic rings. The van der Waals surface area contributed by atoms with E-state index < -0.39 is 0 Å². The molecule has 0 spiro atoms. The summed E-state index contributed by atoms with van der Waals surface area (Å²) in [5.41, 5.74) is 0.846. The molecular weight excluding hydrogens is 262 g/mol. The predicted molar refractivity (Wildman–Crippen MR) is 75.3 cm³/mol. The van der Waals surface area contributed by atoms with Gasteiger partial charge in [-0.15, -0.1) is 11.3 Å². The van der Waals surface area contributed by atoms with Crippen LogP contribution in [0.25, 0.3) is 0 Å². The molecule has 19 heavy (non-hydrogen) atoms. The fourth-order valence-corrected chi connectivity index (χ4v) is 2.32. The highest BCUT2D eigenvalue weighted by Gasteiger charge is 2.02. The monoisotopic (exact) mass is 279 g/mol. The average Bonchev–Trinajstić information content (AvgIpc) is 3.05. The van der Waals surface area contributed by atoms with E-state index in [4.69, 9.17) is 4.52 Å². The number of nitrogens with one attached hydrogen (secondary N) is 2. The molecule has 2 aromatic heterocycles. The number of hydrogen-bond donors (Lipinski definition) is 2. The third kappa shape index (κ3) is 4.36.